The van der Waals surface area contributed by atoms with Crippen LogP contribution < -0.4 is 11.1 Å². The molecule has 0 aliphatic carbocycles. The SMILES string of the molecule is CO[Si](OC)(OC)C(NCCN)C(C)C. The molecule has 0 amide bonds. The van der Waals surface area contributed by atoms with Crippen molar-refractivity contribution < 1.29 is 13.3 Å². The van der Waals surface area contributed by atoms with Gasteiger partial charge in [-0.25, -0.2) is 0 Å². The second-order valence-corrected chi connectivity index (χ2v) is 6.73. The molecule has 0 rings (SSSR count). The summed E-state index contributed by atoms with van der Waals surface area (Å²) in [5.41, 5.74) is 5.55. The predicted octanol–water partition coefficient (Wildman–Crippen LogP) is -0.0234. The monoisotopic (exact) mass is 236 g/mol. The average molecular weight is 236 g/mol. The number of hydrogen-bond donors (Lipinski definition) is 2. The van der Waals surface area contributed by atoms with E-state index in [9.17, 15) is 0 Å². The van der Waals surface area contributed by atoms with Gasteiger partial charge in [-0.3, -0.25) is 0 Å². The lowest BCUT2D eigenvalue weighted by atomic mass is 10.2. The van der Waals surface area contributed by atoms with Crippen molar-refractivity contribution in [2.75, 3.05) is 34.4 Å². The van der Waals surface area contributed by atoms with Crippen molar-refractivity contribution in [1.29, 1.82) is 0 Å². The Bertz CT molecular complexity index is 157. The fourth-order valence-electron chi connectivity index (χ4n) is 1.64. The van der Waals surface area contributed by atoms with Crippen LogP contribution in [0.4, 0.5) is 0 Å². The molecule has 1 unspecified atom stereocenters. The molecule has 1 atom stereocenters. The number of nitrogens with two attached hydrogens (primary N) is 1. The Labute approximate surface area is 93.6 Å². The van der Waals surface area contributed by atoms with Gasteiger partial charge >= 0.3 is 8.80 Å². The second kappa shape index (κ2) is 7.32. The van der Waals surface area contributed by atoms with E-state index in [1.807, 2.05) is 0 Å². The zero-order valence-corrected chi connectivity index (χ0v) is 11.4. The van der Waals surface area contributed by atoms with Crippen LogP contribution in [0.25, 0.3) is 0 Å². The van der Waals surface area contributed by atoms with Crippen molar-refractivity contribution >= 4 is 8.80 Å². The largest absolute Gasteiger partial charge is 0.518 e. The summed E-state index contributed by atoms with van der Waals surface area (Å²) in [6.07, 6.45) is 0. The fraction of sp³-hybridized carbons (Fsp3) is 1.00. The molecule has 0 aliphatic rings. The van der Waals surface area contributed by atoms with Crippen LogP contribution in [-0.4, -0.2) is 48.9 Å². The van der Waals surface area contributed by atoms with Crippen molar-refractivity contribution in [2.24, 2.45) is 11.7 Å². The molecule has 5 nitrogen and oxygen atoms in total. The number of nitrogens with one attached hydrogen (secondary N) is 1. The molecule has 0 aromatic rings. The summed E-state index contributed by atoms with van der Waals surface area (Å²) in [6, 6.07) is 0. The standard InChI is InChI=1S/C9H24N2O3Si/c1-8(2)9(11-7-6-10)15(12-3,13-4)14-5/h8-9,11H,6-7,10H2,1-5H3. The van der Waals surface area contributed by atoms with Crippen molar-refractivity contribution in [2.45, 2.75) is 19.5 Å². The molecule has 0 fully saturated rings. The number of hydrogen-bond acceptors (Lipinski definition) is 5. The first-order valence-corrected chi connectivity index (χ1v) is 6.97. The second-order valence-electron chi connectivity index (χ2n) is 3.68. The molecule has 0 heterocycles. The maximum atomic E-state index is 5.48. The predicted molar refractivity (Wildman–Crippen MR) is 62.5 cm³/mol. The fourth-order valence-corrected chi connectivity index (χ4v) is 4.11. The van der Waals surface area contributed by atoms with Crippen LogP contribution >= 0.6 is 0 Å². The third-order valence-corrected chi connectivity index (χ3v) is 5.75. The Morgan fingerprint density at radius 1 is 1.13 bits per heavy atom. The van der Waals surface area contributed by atoms with Crippen LogP contribution in [0.5, 0.6) is 0 Å². The first kappa shape index (κ1) is 15.0. The van der Waals surface area contributed by atoms with Crippen LogP contribution in [0.2, 0.25) is 0 Å². The molecule has 0 aliphatic heterocycles. The van der Waals surface area contributed by atoms with Gasteiger partial charge in [0.25, 0.3) is 0 Å². The molecule has 0 bridgehead atoms. The van der Waals surface area contributed by atoms with Crippen molar-refractivity contribution in [3.05, 3.63) is 0 Å². The Morgan fingerprint density at radius 2 is 1.60 bits per heavy atom. The van der Waals surface area contributed by atoms with E-state index >= 15 is 0 Å². The Morgan fingerprint density at radius 3 is 1.87 bits per heavy atom. The molecule has 92 valence electrons. The highest BCUT2D eigenvalue weighted by Crippen LogP contribution is 2.18. The van der Waals surface area contributed by atoms with E-state index in [0.717, 1.165) is 6.54 Å². The van der Waals surface area contributed by atoms with Crippen LogP contribution in [0.3, 0.4) is 0 Å². The summed E-state index contributed by atoms with van der Waals surface area (Å²) in [4.78, 5) is 0. The summed E-state index contributed by atoms with van der Waals surface area (Å²) < 4.78 is 16.3. The van der Waals surface area contributed by atoms with Crippen molar-refractivity contribution in [3.63, 3.8) is 0 Å². The molecule has 0 aromatic carbocycles. The highest BCUT2D eigenvalue weighted by atomic mass is 28.4. The minimum atomic E-state index is -2.61. The van der Waals surface area contributed by atoms with E-state index in [1.54, 1.807) is 21.3 Å². The van der Waals surface area contributed by atoms with Gasteiger partial charge < -0.3 is 24.3 Å². The molecular formula is C9H24N2O3Si. The Hall–Kier alpha value is 0.0169. The molecule has 0 saturated carbocycles. The molecule has 0 aromatic heterocycles. The van der Waals surface area contributed by atoms with Crippen LogP contribution in [0.1, 0.15) is 13.8 Å². The minimum Gasteiger partial charge on any atom is -0.376 e. The van der Waals surface area contributed by atoms with Crippen LogP contribution in [-0.2, 0) is 13.3 Å². The summed E-state index contributed by atoms with van der Waals surface area (Å²) >= 11 is 0. The van der Waals surface area contributed by atoms with E-state index in [1.165, 1.54) is 0 Å². The van der Waals surface area contributed by atoms with Gasteiger partial charge in [0.2, 0.25) is 0 Å². The Balaban J connectivity index is 4.66. The molecule has 0 saturated heterocycles. The van der Waals surface area contributed by atoms with Gasteiger partial charge in [-0.15, -0.1) is 0 Å². The zero-order valence-electron chi connectivity index (χ0n) is 10.4. The van der Waals surface area contributed by atoms with E-state index in [2.05, 4.69) is 19.2 Å². The molecule has 6 heteroatoms. The number of rotatable bonds is 8. The Kier molecular flexibility index (Phi) is 7.32. The van der Waals surface area contributed by atoms with Gasteiger partial charge in [-0.05, 0) is 5.92 Å². The maximum Gasteiger partial charge on any atom is 0.518 e. The van der Waals surface area contributed by atoms with Gasteiger partial charge in [-0.2, -0.15) is 0 Å². The normalized spacial score (nSPS) is 14.6. The average Bonchev–Trinajstić information content (AvgIpc) is 2.24. The highest BCUT2D eigenvalue weighted by Gasteiger charge is 2.48. The maximum absolute atomic E-state index is 5.48. The summed E-state index contributed by atoms with van der Waals surface area (Å²) in [7, 11) is 2.26. The van der Waals surface area contributed by atoms with E-state index < -0.39 is 8.80 Å². The van der Waals surface area contributed by atoms with Gasteiger partial charge in [-0.1, -0.05) is 13.8 Å². The van der Waals surface area contributed by atoms with Crippen molar-refractivity contribution in [1.82, 2.24) is 5.32 Å². The summed E-state index contributed by atoms with van der Waals surface area (Å²) in [6.45, 7) is 5.53. The molecule has 15 heavy (non-hydrogen) atoms. The van der Waals surface area contributed by atoms with Gasteiger partial charge in [0.1, 0.15) is 0 Å². The summed E-state index contributed by atoms with van der Waals surface area (Å²) in [5.74, 6) is 0.364. The lowest BCUT2D eigenvalue weighted by molar-refractivity contribution is 0.0993. The lowest BCUT2D eigenvalue weighted by Gasteiger charge is -2.35. The first-order valence-electron chi connectivity index (χ1n) is 5.16. The molecule has 3 N–H and O–H groups in total. The van der Waals surface area contributed by atoms with Gasteiger partial charge in [0.15, 0.2) is 0 Å². The lowest BCUT2D eigenvalue weighted by Crippen LogP contribution is -2.63. The smallest absolute Gasteiger partial charge is 0.376 e. The van der Waals surface area contributed by atoms with Gasteiger partial charge in [0, 0.05) is 34.4 Å². The molecule has 0 spiro atoms. The molecule has 0 radical (unpaired) electrons. The molecular weight excluding hydrogens is 212 g/mol. The third-order valence-electron chi connectivity index (χ3n) is 2.41. The summed E-state index contributed by atoms with van der Waals surface area (Å²) in [5, 5.41) is 3.32. The van der Waals surface area contributed by atoms with Crippen LogP contribution in [0, 0.1) is 5.92 Å². The van der Waals surface area contributed by atoms with Gasteiger partial charge in [0.05, 0.1) is 5.67 Å². The van der Waals surface area contributed by atoms with Crippen LogP contribution in [0.15, 0.2) is 0 Å². The third kappa shape index (κ3) is 3.82. The van der Waals surface area contributed by atoms with E-state index in [0.29, 0.717) is 12.5 Å². The zero-order chi connectivity index (χ0) is 11.9. The van der Waals surface area contributed by atoms with E-state index in [4.69, 9.17) is 19.0 Å². The topological polar surface area (TPSA) is 65.7 Å². The van der Waals surface area contributed by atoms with E-state index in [-0.39, 0.29) is 5.67 Å². The first-order chi connectivity index (χ1) is 7.07. The quantitative estimate of drug-likeness (QED) is 0.580. The minimum absolute atomic E-state index is 0.0704. The van der Waals surface area contributed by atoms with Crippen molar-refractivity contribution in [3.8, 4) is 0 Å². The highest BCUT2D eigenvalue weighted by molar-refractivity contribution is 6.62.